The highest BCUT2D eigenvalue weighted by molar-refractivity contribution is 7.92. The number of carbonyl (C=O) groups excluding carboxylic acids is 2. The van der Waals surface area contributed by atoms with E-state index in [1.807, 2.05) is 75.4 Å². The van der Waals surface area contributed by atoms with E-state index >= 15 is 0 Å². The van der Waals surface area contributed by atoms with E-state index in [1.165, 1.54) is 23.1 Å². The molecule has 0 heterocycles. The van der Waals surface area contributed by atoms with Gasteiger partial charge >= 0.3 is 0 Å². The molecule has 0 aliphatic rings. The van der Waals surface area contributed by atoms with Crippen LogP contribution >= 0.6 is 23.2 Å². The molecule has 0 bridgehead atoms. The number of nitrogens with zero attached hydrogens (tertiary/aromatic N) is 2. The summed E-state index contributed by atoms with van der Waals surface area (Å²) in [6, 6.07) is 28.4. The van der Waals surface area contributed by atoms with Gasteiger partial charge in [0.1, 0.15) is 12.6 Å². The molecule has 2 atom stereocenters. The average molecular weight is 667 g/mol. The molecule has 2 amide bonds. The molecular formula is C35H37Cl2N3O4S. The number of nitrogens with one attached hydrogen (secondary N) is 1. The van der Waals surface area contributed by atoms with E-state index < -0.39 is 28.5 Å². The number of rotatable bonds is 13. The smallest absolute Gasteiger partial charge is 0.264 e. The number of aryl methyl sites for hydroxylation is 1. The van der Waals surface area contributed by atoms with Gasteiger partial charge in [0.25, 0.3) is 10.0 Å². The first-order valence-electron chi connectivity index (χ1n) is 14.7. The predicted octanol–water partition coefficient (Wildman–Crippen LogP) is 7.05. The van der Waals surface area contributed by atoms with Crippen molar-refractivity contribution in [3.8, 4) is 0 Å². The zero-order chi connectivity index (χ0) is 32.6. The molecule has 0 fully saturated rings. The number of carbonyl (C=O) groups is 2. The summed E-state index contributed by atoms with van der Waals surface area (Å²) in [6.45, 7) is 5.29. The van der Waals surface area contributed by atoms with Crippen LogP contribution in [-0.2, 0) is 32.6 Å². The summed E-state index contributed by atoms with van der Waals surface area (Å²) >= 11 is 12.9. The van der Waals surface area contributed by atoms with Crippen molar-refractivity contribution < 1.29 is 18.0 Å². The van der Waals surface area contributed by atoms with Crippen molar-refractivity contribution in [3.05, 3.63) is 130 Å². The van der Waals surface area contributed by atoms with Crippen LogP contribution in [-0.4, -0.2) is 43.8 Å². The Bertz CT molecular complexity index is 1700. The molecule has 0 aromatic heterocycles. The maximum absolute atomic E-state index is 14.5. The molecule has 0 unspecified atom stereocenters. The van der Waals surface area contributed by atoms with Gasteiger partial charge in [0, 0.05) is 19.0 Å². The summed E-state index contributed by atoms with van der Waals surface area (Å²) < 4.78 is 29.2. The van der Waals surface area contributed by atoms with E-state index in [0.29, 0.717) is 6.42 Å². The fraction of sp³-hybridized carbons (Fsp3) is 0.257. The average Bonchev–Trinajstić information content (AvgIpc) is 3.04. The fourth-order valence-corrected chi connectivity index (χ4v) is 6.70. The van der Waals surface area contributed by atoms with Crippen LogP contribution in [0.15, 0.2) is 108 Å². The first kappa shape index (κ1) is 34.0. The third-order valence-electron chi connectivity index (χ3n) is 7.56. The fourth-order valence-electron chi connectivity index (χ4n) is 4.80. The second kappa shape index (κ2) is 15.4. The number of sulfonamides is 1. The Hall–Kier alpha value is -3.85. The highest BCUT2D eigenvalue weighted by Crippen LogP contribution is 2.35. The van der Waals surface area contributed by atoms with E-state index in [9.17, 15) is 18.0 Å². The summed E-state index contributed by atoms with van der Waals surface area (Å²) in [5, 5.41) is 3.17. The molecule has 1 N–H and O–H groups in total. The molecule has 0 saturated carbocycles. The molecule has 0 saturated heterocycles. The first-order chi connectivity index (χ1) is 21.5. The van der Waals surface area contributed by atoms with Crippen LogP contribution in [0, 0.1) is 6.92 Å². The van der Waals surface area contributed by atoms with Crippen molar-refractivity contribution in [1.29, 1.82) is 0 Å². The summed E-state index contributed by atoms with van der Waals surface area (Å²) in [6.07, 6.45) is 0.927. The maximum atomic E-state index is 14.5. The number of benzene rings is 4. The van der Waals surface area contributed by atoms with Crippen LogP contribution in [0.5, 0.6) is 0 Å². The van der Waals surface area contributed by atoms with Crippen LogP contribution in [0.4, 0.5) is 5.69 Å². The van der Waals surface area contributed by atoms with Crippen LogP contribution in [0.25, 0.3) is 0 Å². The molecule has 4 aromatic rings. The minimum atomic E-state index is -4.29. The Morgan fingerprint density at radius 2 is 1.44 bits per heavy atom. The Morgan fingerprint density at radius 1 is 0.822 bits per heavy atom. The van der Waals surface area contributed by atoms with Crippen LogP contribution in [0.2, 0.25) is 10.0 Å². The SMILES string of the molecule is CC[C@H](C)NC(=O)[C@H](Cc1ccccc1)N(Cc1ccc(C)cc1)C(=O)CN(c1cccc(Cl)c1Cl)S(=O)(=O)c1ccccc1. The van der Waals surface area contributed by atoms with Crippen LogP contribution in [0.3, 0.4) is 0 Å². The lowest BCUT2D eigenvalue weighted by molar-refractivity contribution is -0.140. The molecule has 0 aliphatic carbocycles. The molecule has 7 nitrogen and oxygen atoms in total. The second-order valence-electron chi connectivity index (χ2n) is 10.9. The first-order valence-corrected chi connectivity index (χ1v) is 16.9. The van der Waals surface area contributed by atoms with E-state index in [4.69, 9.17) is 23.2 Å². The normalized spacial score (nSPS) is 12.6. The van der Waals surface area contributed by atoms with Gasteiger partial charge in [-0.05, 0) is 55.7 Å². The lowest BCUT2D eigenvalue weighted by atomic mass is 10.0. The van der Waals surface area contributed by atoms with Gasteiger partial charge in [0.05, 0.1) is 20.6 Å². The van der Waals surface area contributed by atoms with Gasteiger partial charge in [0.15, 0.2) is 0 Å². The zero-order valence-electron chi connectivity index (χ0n) is 25.5. The number of hydrogen-bond acceptors (Lipinski definition) is 4. The van der Waals surface area contributed by atoms with Gasteiger partial charge in [-0.3, -0.25) is 13.9 Å². The lowest BCUT2D eigenvalue weighted by Gasteiger charge is -2.34. The quantitative estimate of drug-likeness (QED) is 0.166. The third kappa shape index (κ3) is 8.66. The minimum Gasteiger partial charge on any atom is -0.352 e. The van der Waals surface area contributed by atoms with E-state index in [2.05, 4.69) is 5.32 Å². The van der Waals surface area contributed by atoms with Gasteiger partial charge in [-0.1, -0.05) is 115 Å². The van der Waals surface area contributed by atoms with Gasteiger partial charge in [-0.2, -0.15) is 0 Å². The Labute approximate surface area is 275 Å². The molecule has 0 spiro atoms. The Kier molecular flexibility index (Phi) is 11.7. The molecule has 0 radical (unpaired) electrons. The molecule has 10 heteroatoms. The van der Waals surface area contributed by atoms with Crippen molar-refractivity contribution in [1.82, 2.24) is 10.2 Å². The van der Waals surface area contributed by atoms with Crippen molar-refractivity contribution in [3.63, 3.8) is 0 Å². The molecule has 0 aliphatic heterocycles. The van der Waals surface area contributed by atoms with Gasteiger partial charge < -0.3 is 10.2 Å². The molecular weight excluding hydrogens is 629 g/mol. The van der Waals surface area contributed by atoms with E-state index in [-0.39, 0.29) is 45.5 Å². The Balaban J connectivity index is 1.83. The van der Waals surface area contributed by atoms with Crippen LogP contribution < -0.4 is 9.62 Å². The topological polar surface area (TPSA) is 86.8 Å². The van der Waals surface area contributed by atoms with E-state index in [1.54, 1.807) is 30.3 Å². The molecule has 4 rings (SSSR count). The summed E-state index contributed by atoms with van der Waals surface area (Å²) in [5.74, 6) is -0.904. The number of hydrogen-bond donors (Lipinski definition) is 1. The maximum Gasteiger partial charge on any atom is 0.264 e. The van der Waals surface area contributed by atoms with Gasteiger partial charge in [-0.25, -0.2) is 8.42 Å². The highest BCUT2D eigenvalue weighted by atomic mass is 35.5. The van der Waals surface area contributed by atoms with Crippen molar-refractivity contribution in [2.24, 2.45) is 0 Å². The predicted molar refractivity (Wildman–Crippen MR) is 181 cm³/mol. The lowest BCUT2D eigenvalue weighted by Crippen LogP contribution is -2.54. The monoisotopic (exact) mass is 665 g/mol. The van der Waals surface area contributed by atoms with Crippen molar-refractivity contribution >= 4 is 50.7 Å². The number of amides is 2. The molecule has 45 heavy (non-hydrogen) atoms. The van der Waals surface area contributed by atoms with Crippen molar-refractivity contribution in [2.75, 3.05) is 10.8 Å². The largest absolute Gasteiger partial charge is 0.352 e. The Morgan fingerprint density at radius 3 is 2.07 bits per heavy atom. The minimum absolute atomic E-state index is 0.00749. The number of anilines is 1. The number of halogens is 2. The molecule has 4 aromatic carbocycles. The molecule has 236 valence electrons. The summed E-state index contributed by atoms with van der Waals surface area (Å²) in [7, 11) is -4.29. The van der Waals surface area contributed by atoms with E-state index in [0.717, 1.165) is 21.0 Å². The summed E-state index contributed by atoms with van der Waals surface area (Å²) in [5.41, 5.74) is 2.75. The zero-order valence-corrected chi connectivity index (χ0v) is 27.8. The highest BCUT2D eigenvalue weighted by Gasteiger charge is 2.35. The standard InChI is InChI=1S/C35H37Cl2N3O4S/c1-4-26(3)38-35(42)32(22-27-12-7-5-8-13-27)39(23-28-20-18-25(2)19-21-28)33(41)24-40(31-17-11-16-30(36)34(31)37)45(43,44)29-14-9-6-10-15-29/h5-21,26,32H,4,22-24H2,1-3H3,(H,38,42)/t26-,32-/m0/s1. The van der Waals surface area contributed by atoms with Gasteiger partial charge in [0.2, 0.25) is 11.8 Å². The second-order valence-corrected chi connectivity index (χ2v) is 13.6. The van der Waals surface area contributed by atoms with Gasteiger partial charge in [-0.15, -0.1) is 0 Å². The van der Waals surface area contributed by atoms with Crippen molar-refractivity contribution in [2.45, 2.75) is 57.1 Å². The third-order valence-corrected chi connectivity index (χ3v) is 10.1. The van der Waals surface area contributed by atoms with Crippen LogP contribution in [0.1, 0.15) is 37.0 Å². The summed E-state index contributed by atoms with van der Waals surface area (Å²) in [4.78, 5) is 29.9.